The molecule has 4 rings (SSSR count). The number of carbonyl (C=O) groups excluding carboxylic acids is 2. The second-order valence-corrected chi connectivity index (χ2v) is 7.58. The molecular weight excluding hydrogens is 344 g/mol. The van der Waals surface area contributed by atoms with Gasteiger partial charge in [0, 0.05) is 32.4 Å². The van der Waals surface area contributed by atoms with Crippen molar-refractivity contribution >= 4 is 11.7 Å². The molecule has 3 heterocycles. The lowest BCUT2D eigenvalue weighted by atomic mass is 9.86. The van der Waals surface area contributed by atoms with Crippen LogP contribution < -0.4 is 4.74 Å². The fourth-order valence-corrected chi connectivity index (χ4v) is 4.10. The molecule has 2 aliphatic heterocycles. The molecule has 1 saturated heterocycles. The quantitative estimate of drug-likeness (QED) is 0.811. The van der Waals surface area contributed by atoms with E-state index in [4.69, 9.17) is 9.15 Å². The molecule has 0 radical (unpaired) electrons. The molecule has 0 saturated carbocycles. The number of piperidine rings is 1. The molecule has 6 nitrogen and oxygen atoms in total. The van der Waals surface area contributed by atoms with Gasteiger partial charge < -0.3 is 14.1 Å². The Bertz CT molecular complexity index is 902. The fourth-order valence-electron chi connectivity index (χ4n) is 4.10. The van der Waals surface area contributed by atoms with Gasteiger partial charge in [-0.25, -0.2) is 4.98 Å². The third-order valence-electron chi connectivity index (χ3n) is 5.47. The van der Waals surface area contributed by atoms with E-state index < -0.39 is 0 Å². The lowest BCUT2D eigenvalue weighted by Crippen LogP contribution is -2.46. The zero-order valence-electron chi connectivity index (χ0n) is 15.9. The van der Waals surface area contributed by atoms with E-state index in [9.17, 15) is 9.59 Å². The average molecular weight is 368 g/mol. The monoisotopic (exact) mass is 368 g/mol. The minimum atomic E-state index is -0.194. The largest absolute Gasteiger partial charge is 0.489 e. The second-order valence-electron chi connectivity index (χ2n) is 7.58. The van der Waals surface area contributed by atoms with Crippen molar-refractivity contribution in [3.05, 3.63) is 46.7 Å². The fraction of sp³-hybridized carbons (Fsp3) is 0.476. The van der Waals surface area contributed by atoms with Gasteiger partial charge in [-0.2, -0.15) is 0 Å². The Morgan fingerprint density at radius 1 is 1.26 bits per heavy atom. The Hall–Kier alpha value is -2.63. The van der Waals surface area contributed by atoms with Crippen LogP contribution in [-0.4, -0.2) is 40.8 Å². The number of nitrogens with zero attached hydrogens (tertiary/aromatic N) is 2. The van der Waals surface area contributed by atoms with Crippen molar-refractivity contribution in [1.82, 2.24) is 9.88 Å². The molecule has 0 bridgehead atoms. The lowest BCUT2D eigenvalue weighted by Gasteiger charge is -2.38. The lowest BCUT2D eigenvalue weighted by molar-refractivity contribution is 0.0390. The Labute approximate surface area is 158 Å². The number of Topliss-reactive ketones (excluding diaryl/α,β-unsaturated/α-hetero) is 1. The van der Waals surface area contributed by atoms with Crippen LogP contribution in [0.25, 0.3) is 0 Å². The van der Waals surface area contributed by atoms with Crippen LogP contribution in [0, 0.1) is 26.7 Å². The van der Waals surface area contributed by atoms with Gasteiger partial charge >= 0.3 is 0 Å². The number of oxazole rings is 1. The van der Waals surface area contributed by atoms with Crippen LogP contribution in [0.4, 0.5) is 0 Å². The molecule has 1 fully saturated rings. The Morgan fingerprint density at radius 3 is 2.81 bits per heavy atom. The maximum Gasteiger partial charge on any atom is 0.291 e. The average Bonchev–Trinajstić information content (AvgIpc) is 3.00. The number of ether oxygens (including phenoxy) is 1. The number of hydrogen-bond acceptors (Lipinski definition) is 5. The topological polar surface area (TPSA) is 72.6 Å². The molecule has 0 spiro atoms. The molecular formula is C21H24N2O4. The van der Waals surface area contributed by atoms with Crippen LogP contribution in [-0.2, 0) is 0 Å². The summed E-state index contributed by atoms with van der Waals surface area (Å²) in [5.41, 5.74) is 2.34. The molecule has 1 amide bonds. The highest BCUT2D eigenvalue weighted by Crippen LogP contribution is 2.34. The summed E-state index contributed by atoms with van der Waals surface area (Å²) < 4.78 is 11.7. The van der Waals surface area contributed by atoms with Gasteiger partial charge in [0.2, 0.25) is 5.76 Å². The van der Waals surface area contributed by atoms with E-state index in [0.29, 0.717) is 48.2 Å². The first kappa shape index (κ1) is 17.8. The van der Waals surface area contributed by atoms with E-state index in [2.05, 4.69) is 4.98 Å². The van der Waals surface area contributed by atoms with Gasteiger partial charge in [-0.05, 0) is 38.8 Å². The zero-order chi connectivity index (χ0) is 19.1. The highest BCUT2D eigenvalue weighted by molar-refractivity contribution is 6.00. The van der Waals surface area contributed by atoms with E-state index in [0.717, 1.165) is 18.4 Å². The molecule has 0 aliphatic carbocycles. The van der Waals surface area contributed by atoms with E-state index in [-0.39, 0.29) is 23.7 Å². The number of carbonyl (C=O) groups is 2. The number of hydrogen-bond donors (Lipinski definition) is 0. The summed E-state index contributed by atoms with van der Waals surface area (Å²) in [4.78, 5) is 31.4. The summed E-state index contributed by atoms with van der Waals surface area (Å²) in [6.07, 6.45) is 2.00. The first-order chi connectivity index (χ1) is 12.9. The van der Waals surface area contributed by atoms with Gasteiger partial charge in [-0.1, -0.05) is 11.6 Å². The van der Waals surface area contributed by atoms with Crippen LogP contribution in [0.3, 0.4) is 0 Å². The minimum absolute atomic E-state index is 0.120. The van der Waals surface area contributed by atoms with Crippen LogP contribution >= 0.6 is 0 Å². The van der Waals surface area contributed by atoms with Crippen molar-refractivity contribution in [1.29, 1.82) is 0 Å². The van der Waals surface area contributed by atoms with Crippen LogP contribution in [0.2, 0.25) is 0 Å². The van der Waals surface area contributed by atoms with Crippen LogP contribution in [0.5, 0.6) is 5.75 Å². The van der Waals surface area contributed by atoms with Crippen molar-refractivity contribution in [3.63, 3.8) is 0 Å². The number of aromatic nitrogens is 1. The number of amides is 1. The van der Waals surface area contributed by atoms with Gasteiger partial charge in [-0.15, -0.1) is 0 Å². The number of rotatable bonds is 2. The van der Waals surface area contributed by atoms with Crippen molar-refractivity contribution in [2.45, 2.75) is 46.1 Å². The summed E-state index contributed by atoms with van der Waals surface area (Å²) >= 11 is 0. The zero-order valence-corrected chi connectivity index (χ0v) is 15.9. The minimum Gasteiger partial charge on any atom is -0.489 e. The summed E-state index contributed by atoms with van der Waals surface area (Å²) in [7, 11) is 0. The number of benzene rings is 1. The van der Waals surface area contributed by atoms with Crippen LogP contribution in [0.1, 0.15) is 57.3 Å². The van der Waals surface area contributed by atoms with Crippen LogP contribution in [0.15, 0.2) is 22.6 Å². The summed E-state index contributed by atoms with van der Waals surface area (Å²) in [5.74, 6) is 1.59. The SMILES string of the molecule is Cc1ccc2c(c1)C(=O)C[C@H]([C@H]1CCCN(C(=O)c3oc(C)nc3C)C1)O2. The van der Waals surface area contributed by atoms with Gasteiger partial charge in [0.1, 0.15) is 11.9 Å². The molecule has 0 N–H and O–H groups in total. The predicted octanol–water partition coefficient (Wildman–Crippen LogP) is 3.49. The van der Waals surface area contributed by atoms with Gasteiger partial charge in [0.05, 0.1) is 11.3 Å². The maximum atomic E-state index is 12.8. The molecule has 1 aromatic heterocycles. The van der Waals surface area contributed by atoms with E-state index in [1.54, 1.807) is 18.7 Å². The molecule has 6 heteroatoms. The molecule has 0 unspecified atom stereocenters. The first-order valence-electron chi connectivity index (χ1n) is 9.46. The number of fused-ring (bicyclic) bond motifs is 1. The Balaban J connectivity index is 1.50. The molecule has 142 valence electrons. The van der Waals surface area contributed by atoms with Crippen molar-refractivity contribution < 1.29 is 18.7 Å². The third kappa shape index (κ3) is 3.36. The standard InChI is InChI=1S/C21H24N2O4/c1-12-6-7-18-16(9-12)17(24)10-19(27-18)15-5-4-8-23(11-15)21(25)20-13(2)22-14(3)26-20/h6-7,9,15,19H,4-5,8,10-11H2,1-3H3/t15-,19+/m0/s1. The number of ketones is 1. The highest BCUT2D eigenvalue weighted by Gasteiger charge is 2.37. The molecule has 2 aromatic rings. The first-order valence-corrected chi connectivity index (χ1v) is 9.46. The van der Waals surface area contributed by atoms with Gasteiger partial charge in [-0.3, -0.25) is 9.59 Å². The summed E-state index contributed by atoms with van der Waals surface area (Å²) in [6, 6.07) is 5.72. The smallest absolute Gasteiger partial charge is 0.291 e. The van der Waals surface area contributed by atoms with E-state index >= 15 is 0 Å². The van der Waals surface area contributed by atoms with Crippen molar-refractivity contribution in [2.24, 2.45) is 5.92 Å². The predicted molar refractivity (Wildman–Crippen MR) is 99.1 cm³/mol. The van der Waals surface area contributed by atoms with E-state index in [1.807, 2.05) is 25.1 Å². The molecule has 27 heavy (non-hydrogen) atoms. The molecule has 2 atom stereocenters. The van der Waals surface area contributed by atoms with Gasteiger partial charge in [0.15, 0.2) is 11.7 Å². The number of aryl methyl sites for hydroxylation is 3. The Kier molecular flexibility index (Phi) is 4.50. The normalized spacial score (nSPS) is 22.3. The Morgan fingerprint density at radius 2 is 2.07 bits per heavy atom. The number of likely N-dealkylation sites (tertiary alicyclic amines) is 1. The highest BCUT2D eigenvalue weighted by atomic mass is 16.5. The second kappa shape index (κ2) is 6.83. The molecule has 1 aromatic carbocycles. The summed E-state index contributed by atoms with van der Waals surface area (Å²) in [5, 5.41) is 0. The van der Waals surface area contributed by atoms with Gasteiger partial charge in [0.25, 0.3) is 5.91 Å². The maximum absolute atomic E-state index is 12.8. The third-order valence-corrected chi connectivity index (χ3v) is 5.47. The summed E-state index contributed by atoms with van der Waals surface area (Å²) in [6.45, 7) is 6.75. The van der Waals surface area contributed by atoms with E-state index in [1.165, 1.54) is 0 Å². The molecule has 2 aliphatic rings. The van der Waals surface area contributed by atoms with Crippen molar-refractivity contribution in [3.8, 4) is 5.75 Å². The van der Waals surface area contributed by atoms with Crippen molar-refractivity contribution in [2.75, 3.05) is 13.1 Å².